The van der Waals surface area contributed by atoms with E-state index in [9.17, 15) is 23.2 Å². The Labute approximate surface area is 163 Å². The zero-order valence-electron chi connectivity index (χ0n) is 15.8. The van der Waals surface area contributed by atoms with Crippen molar-refractivity contribution in [2.45, 2.75) is 32.5 Å². The third kappa shape index (κ3) is 3.11. The van der Waals surface area contributed by atoms with Gasteiger partial charge >= 0.3 is 11.9 Å². The predicted octanol–water partition coefficient (Wildman–Crippen LogP) is 4.84. The van der Waals surface area contributed by atoms with Gasteiger partial charge in [-0.3, -0.25) is 9.13 Å². The van der Waals surface area contributed by atoms with Crippen LogP contribution in [0.2, 0.25) is 0 Å². The molecule has 0 radical (unpaired) electrons. The van der Waals surface area contributed by atoms with E-state index in [1.54, 1.807) is 12.1 Å². The molecule has 1 aliphatic carbocycles. The Morgan fingerprint density at radius 2 is 1.83 bits per heavy atom. The van der Waals surface area contributed by atoms with Crippen LogP contribution in [0.1, 0.15) is 30.9 Å². The van der Waals surface area contributed by atoms with Gasteiger partial charge in [0.1, 0.15) is 5.52 Å². The van der Waals surface area contributed by atoms with Gasteiger partial charge in [-0.1, -0.05) is 13.0 Å². The zero-order chi connectivity index (χ0) is 21.1. The van der Waals surface area contributed by atoms with Crippen molar-refractivity contribution >= 4 is 11.0 Å². The number of nitriles is 1. The number of fused-ring (bicyclic) bond motifs is 1. The van der Waals surface area contributed by atoms with Crippen LogP contribution in [0.15, 0.2) is 35.1 Å². The highest BCUT2D eigenvalue weighted by Gasteiger charge is 2.38. The highest BCUT2D eigenvalue weighted by molar-refractivity contribution is 5.85. The maximum Gasteiger partial charge on any atom is 0.416 e. The van der Waals surface area contributed by atoms with E-state index < -0.39 is 17.6 Å². The molecule has 0 saturated heterocycles. The second kappa shape index (κ2) is 6.21. The highest BCUT2D eigenvalue weighted by Crippen LogP contribution is 2.46. The molecule has 0 unspecified atom stereocenters. The van der Waals surface area contributed by atoms with Gasteiger partial charge in [0.15, 0.2) is 5.82 Å². The molecule has 0 bridgehead atoms. The van der Waals surface area contributed by atoms with Crippen molar-refractivity contribution in [2.75, 3.05) is 0 Å². The summed E-state index contributed by atoms with van der Waals surface area (Å²) < 4.78 is 57.0. The molecule has 29 heavy (non-hydrogen) atoms. The number of aromatic nitrogens is 2. The molecule has 150 valence electrons. The zero-order valence-corrected chi connectivity index (χ0v) is 15.8. The standard InChI is InChI=1S/C21H17F4N3O/c1-20(7-8-20)11-28-16-6-5-15(17(22)18(16)27(2)19(28)29)14-4-3-13(21(23,24)25)9-12(14)10-26/h3-6,9H,7-8,11H2,1-2H3. The van der Waals surface area contributed by atoms with Gasteiger partial charge in [0.05, 0.1) is 22.7 Å². The van der Waals surface area contributed by atoms with Gasteiger partial charge in [-0.25, -0.2) is 9.18 Å². The van der Waals surface area contributed by atoms with Crippen LogP contribution < -0.4 is 5.69 Å². The Morgan fingerprint density at radius 1 is 1.17 bits per heavy atom. The van der Waals surface area contributed by atoms with Crippen LogP contribution >= 0.6 is 0 Å². The molecule has 1 aromatic heterocycles. The first-order valence-electron chi connectivity index (χ1n) is 9.05. The predicted molar refractivity (Wildman–Crippen MR) is 99.6 cm³/mol. The molecule has 4 rings (SSSR count). The summed E-state index contributed by atoms with van der Waals surface area (Å²) in [7, 11) is 1.46. The lowest BCUT2D eigenvalue weighted by Crippen LogP contribution is -2.25. The molecule has 3 aromatic rings. The monoisotopic (exact) mass is 403 g/mol. The normalized spacial score (nSPS) is 15.5. The first kappa shape index (κ1) is 19.2. The van der Waals surface area contributed by atoms with Crippen molar-refractivity contribution in [1.29, 1.82) is 5.26 Å². The Kier molecular flexibility index (Phi) is 4.12. The Balaban J connectivity index is 1.91. The summed E-state index contributed by atoms with van der Waals surface area (Å²) >= 11 is 0. The van der Waals surface area contributed by atoms with Gasteiger partial charge in [0, 0.05) is 24.7 Å². The van der Waals surface area contributed by atoms with Crippen LogP contribution in [-0.4, -0.2) is 9.13 Å². The molecule has 8 heteroatoms. The molecule has 0 spiro atoms. The van der Waals surface area contributed by atoms with Gasteiger partial charge in [-0.2, -0.15) is 18.4 Å². The van der Waals surface area contributed by atoms with Gasteiger partial charge in [0.2, 0.25) is 0 Å². The summed E-state index contributed by atoms with van der Waals surface area (Å²) in [6, 6.07) is 7.32. The maximum absolute atomic E-state index is 15.4. The van der Waals surface area contributed by atoms with E-state index in [0.717, 1.165) is 25.0 Å². The van der Waals surface area contributed by atoms with Crippen molar-refractivity contribution in [1.82, 2.24) is 9.13 Å². The van der Waals surface area contributed by atoms with Crippen molar-refractivity contribution in [3.8, 4) is 17.2 Å². The van der Waals surface area contributed by atoms with Crippen molar-refractivity contribution < 1.29 is 17.6 Å². The molecule has 2 aromatic carbocycles. The lowest BCUT2D eigenvalue weighted by molar-refractivity contribution is -0.137. The van der Waals surface area contributed by atoms with E-state index >= 15 is 4.39 Å². The summed E-state index contributed by atoms with van der Waals surface area (Å²) in [5.74, 6) is -0.738. The van der Waals surface area contributed by atoms with Crippen LogP contribution in [0.3, 0.4) is 0 Å². The number of nitrogens with zero attached hydrogens (tertiary/aromatic N) is 3. The van der Waals surface area contributed by atoms with Crippen LogP contribution in [0.5, 0.6) is 0 Å². The Hall–Kier alpha value is -3.08. The maximum atomic E-state index is 15.4. The Morgan fingerprint density at radius 3 is 2.41 bits per heavy atom. The molecule has 1 fully saturated rings. The first-order chi connectivity index (χ1) is 13.6. The minimum atomic E-state index is -4.60. The number of hydrogen-bond donors (Lipinski definition) is 0. The molecular weight excluding hydrogens is 386 g/mol. The van der Waals surface area contributed by atoms with Crippen molar-refractivity contribution in [2.24, 2.45) is 12.5 Å². The minimum absolute atomic E-state index is 0.0202. The Bertz CT molecular complexity index is 1240. The molecule has 0 N–H and O–H groups in total. The third-order valence-electron chi connectivity index (χ3n) is 5.64. The summed E-state index contributed by atoms with van der Waals surface area (Å²) in [4.78, 5) is 12.7. The fraction of sp³-hybridized carbons (Fsp3) is 0.333. The summed E-state index contributed by atoms with van der Waals surface area (Å²) in [6.07, 6.45) is -2.62. The third-order valence-corrected chi connectivity index (χ3v) is 5.64. The topological polar surface area (TPSA) is 50.7 Å². The summed E-state index contributed by atoms with van der Waals surface area (Å²) in [5.41, 5.74) is -1.06. The molecule has 1 heterocycles. The van der Waals surface area contributed by atoms with Gasteiger partial charge in [0.25, 0.3) is 0 Å². The van der Waals surface area contributed by atoms with E-state index in [1.807, 2.05) is 0 Å². The van der Waals surface area contributed by atoms with Gasteiger partial charge in [-0.15, -0.1) is 0 Å². The first-order valence-corrected chi connectivity index (χ1v) is 9.05. The number of hydrogen-bond acceptors (Lipinski definition) is 2. The number of benzene rings is 2. The molecule has 4 nitrogen and oxygen atoms in total. The molecule has 1 saturated carbocycles. The van der Waals surface area contributed by atoms with Crippen LogP contribution in [0, 0.1) is 22.6 Å². The SMILES string of the molecule is Cn1c(=O)n(CC2(C)CC2)c2ccc(-c3ccc(C(F)(F)F)cc3C#N)c(F)c21. The van der Waals surface area contributed by atoms with E-state index in [-0.39, 0.29) is 33.3 Å². The van der Waals surface area contributed by atoms with Gasteiger partial charge in [-0.05, 0) is 42.5 Å². The summed E-state index contributed by atoms with van der Waals surface area (Å²) in [6.45, 7) is 2.54. The van der Waals surface area contributed by atoms with E-state index in [4.69, 9.17) is 0 Å². The van der Waals surface area contributed by atoms with Crippen molar-refractivity contribution in [3.63, 3.8) is 0 Å². The number of imidazole rings is 1. The van der Waals surface area contributed by atoms with Crippen LogP contribution in [0.4, 0.5) is 17.6 Å². The van der Waals surface area contributed by atoms with Crippen molar-refractivity contribution in [3.05, 3.63) is 57.8 Å². The molecule has 0 amide bonds. The lowest BCUT2D eigenvalue weighted by Gasteiger charge is -2.12. The highest BCUT2D eigenvalue weighted by atomic mass is 19.4. The van der Waals surface area contributed by atoms with Crippen LogP contribution in [-0.2, 0) is 19.8 Å². The second-order valence-corrected chi connectivity index (χ2v) is 7.90. The minimum Gasteiger partial charge on any atom is -0.292 e. The second-order valence-electron chi connectivity index (χ2n) is 7.90. The number of rotatable bonds is 3. The summed E-state index contributed by atoms with van der Waals surface area (Å²) in [5, 5.41) is 9.31. The van der Waals surface area contributed by atoms with Crippen LogP contribution in [0.25, 0.3) is 22.2 Å². The largest absolute Gasteiger partial charge is 0.416 e. The van der Waals surface area contributed by atoms with E-state index in [0.29, 0.717) is 18.1 Å². The number of aryl methyl sites for hydroxylation is 1. The molecule has 0 aliphatic heterocycles. The number of halogens is 4. The molecular formula is C21H17F4N3O. The van der Waals surface area contributed by atoms with E-state index in [2.05, 4.69) is 6.92 Å². The number of alkyl halides is 3. The lowest BCUT2D eigenvalue weighted by atomic mass is 9.97. The molecule has 0 atom stereocenters. The smallest absolute Gasteiger partial charge is 0.292 e. The average molecular weight is 403 g/mol. The average Bonchev–Trinajstić information content (AvgIpc) is 3.35. The fourth-order valence-electron chi connectivity index (χ4n) is 3.63. The van der Waals surface area contributed by atoms with E-state index in [1.165, 1.54) is 22.2 Å². The molecule has 1 aliphatic rings. The quantitative estimate of drug-likeness (QED) is 0.588. The van der Waals surface area contributed by atoms with Gasteiger partial charge < -0.3 is 0 Å². The fourth-order valence-corrected chi connectivity index (χ4v) is 3.63.